The highest BCUT2D eigenvalue weighted by Gasteiger charge is 2.30. The fraction of sp³-hybridized carbons (Fsp3) is 0.133. The molecule has 1 N–H and O–H groups in total. The van der Waals surface area contributed by atoms with Gasteiger partial charge in [-0.25, -0.2) is 0 Å². The van der Waals surface area contributed by atoms with Crippen molar-refractivity contribution < 1.29 is 23.1 Å². The van der Waals surface area contributed by atoms with Gasteiger partial charge in [0.2, 0.25) is 0 Å². The van der Waals surface area contributed by atoms with Crippen LogP contribution >= 0.6 is 11.8 Å². The van der Waals surface area contributed by atoms with Crippen LogP contribution in [0.1, 0.15) is 5.56 Å². The van der Waals surface area contributed by atoms with Gasteiger partial charge in [0.25, 0.3) is 0 Å². The summed E-state index contributed by atoms with van der Waals surface area (Å²) in [5.74, 6) is -1.24. The maximum absolute atomic E-state index is 12.9. The maximum atomic E-state index is 12.9. The van der Waals surface area contributed by atoms with E-state index in [1.165, 1.54) is 12.3 Å². The SMILES string of the molecule is O=C(O)CSc1nnccc1-n1ccc2ccc(C(F)(F)F)cc21. The van der Waals surface area contributed by atoms with Crippen LogP contribution in [0.25, 0.3) is 16.6 Å². The molecule has 0 spiro atoms. The second kappa shape index (κ2) is 6.16. The van der Waals surface area contributed by atoms with Gasteiger partial charge in [0.05, 0.1) is 28.7 Å². The summed E-state index contributed by atoms with van der Waals surface area (Å²) >= 11 is 0.955. The molecule has 3 aromatic rings. The van der Waals surface area contributed by atoms with Crippen LogP contribution in [-0.2, 0) is 11.0 Å². The van der Waals surface area contributed by atoms with Crippen LogP contribution < -0.4 is 0 Å². The van der Waals surface area contributed by atoms with Gasteiger partial charge in [0.15, 0.2) is 0 Å². The first-order valence-corrected chi connectivity index (χ1v) is 7.70. The lowest BCUT2D eigenvalue weighted by atomic mass is 10.1. The Bertz CT molecular complexity index is 908. The summed E-state index contributed by atoms with van der Waals surface area (Å²) in [6.45, 7) is 0. The van der Waals surface area contributed by atoms with Gasteiger partial charge >= 0.3 is 12.1 Å². The lowest BCUT2D eigenvalue weighted by molar-refractivity contribution is -0.137. The van der Waals surface area contributed by atoms with E-state index < -0.39 is 17.7 Å². The monoisotopic (exact) mass is 353 g/mol. The Kier molecular flexibility index (Phi) is 4.18. The summed E-state index contributed by atoms with van der Waals surface area (Å²) in [6.07, 6.45) is -1.42. The van der Waals surface area contributed by atoms with E-state index in [2.05, 4.69) is 10.2 Å². The zero-order valence-electron chi connectivity index (χ0n) is 12.0. The number of hydrogen-bond donors (Lipinski definition) is 1. The fourth-order valence-electron chi connectivity index (χ4n) is 2.24. The van der Waals surface area contributed by atoms with E-state index in [1.807, 2.05) is 0 Å². The van der Waals surface area contributed by atoms with Gasteiger partial charge in [-0.05, 0) is 29.7 Å². The number of carboxylic acids is 1. The molecule has 2 heterocycles. The van der Waals surface area contributed by atoms with Crippen LogP contribution in [0.3, 0.4) is 0 Å². The second-order valence-electron chi connectivity index (χ2n) is 4.86. The summed E-state index contributed by atoms with van der Waals surface area (Å²) < 4.78 is 40.4. The van der Waals surface area contributed by atoms with E-state index in [0.717, 1.165) is 23.9 Å². The van der Waals surface area contributed by atoms with E-state index in [4.69, 9.17) is 5.11 Å². The standard InChI is InChI=1S/C15H10F3N3O2S/c16-15(17,18)10-2-1-9-4-6-21(12(9)7-10)11-3-5-19-20-14(11)24-8-13(22)23/h1-7H,8H2,(H,22,23). The number of aliphatic carboxylic acids is 1. The van der Waals surface area contributed by atoms with Crippen molar-refractivity contribution in [2.45, 2.75) is 11.2 Å². The van der Waals surface area contributed by atoms with Gasteiger partial charge in [-0.1, -0.05) is 17.8 Å². The minimum absolute atomic E-state index is 0.224. The predicted octanol–water partition coefficient (Wildman–Crippen LogP) is 3.62. The maximum Gasteiger partial charge on any atom is 0.416 e. The quantitative estimate of drug-likeness (QED) is 0.726. The highest BCUT2D eigenvalue weighted by atomic mass is 32.2. The van der Waals surface area contributed by atoms with Gasteiger partial charge in [-0.15, -0.1) is 5.10 Å². The van der Waals surface area contributed by atoms with Crippen molar-refractivity contribution in [1.29, 1.82) is 0 Å². The number of carboxylic acid groups (broad SMARTS) is 1. The Hall–Kier alpha value is -2.55. The summed E-state index contributed by atoms with van der Waals surface area (Å²) in [7, 11) is 0. The molecule has 0 saturated heterocycles. The Morgan fingerprint density at radius 3 is 2.75 bits per heavy atom. The van der Waals surface area contributed by atoms with E-state index >= 15 is 0 Å². The molecule has 0 saturated carbocycles. The van der Waals surface area contributed by atoms with E-state index in [9.17, 15) is 18.0 Å². The molecular formula is C15H10F3N3O2S. The molecule has 0 aliphatic rings. The third-order valence-corrected chi connectivity index (χ3v) is 4.23. The van der Waals surface area contributed by atoms with Crippen molar-refractivity contribution in [3.63, 3.8) is 0 Å². The van der Waals surface area contributed by atoms with Gasteiger partial charge in [0, 0.05) is 6.20 Å². The molecule has 3 rings (SSSR count). The summed E-state index contributed by atoms with van der Waals surface area (Å²) in [5.41, 5.74) is 0.0808. The Morgan fingerprint density at radius 2 is 2.04 bits per heavy atom. The predicted molar refractivity (Wildman–Crippen MR) is 82.2 cm³/mol. The van der Waals surface area contributed by atoms with Gasteiger partial charge < -0.3 is 9.67 Å². The van der Waals surface area contributed by atoms with Crippen LogP contribution in [0.4, 0.5) is 13.2 Å². The number of alkyl halides is 3. The topological polar surface area (TPSA) is 68.0 Å². The lowest BCUT2D eigenvalue weighted by Crippen LogP contribution is -2.05. The Labute approximate surface area is 138 Å². The third-order valence-electron chi connectivity index (χ3n) is 3.28. The number of aromatic nitrogens is 3. The average molecular weight is 353 g/mol. The fourth-order valence-corrected chi connectivity index (χ4v) is 2.92. The summed E-state index contributed by atoms with van der Waals surface area (Å²) in [6, 6.07) is 6.74. The molecule has 9 heteroatoms. The molecular weight excluding hydrogens is 343 g/mol. The largest absolute Gasteiger partial charge is 0.481 e. The molecule has 124 valence electrons. The van der Waals surface area contributed by atoms with Crippen molar-refractivity contribution in [1.82, 2.24) is 14.8 Å². The molecule has 0 bridgehead atoms. The zero-order valence-corrected chi connectivity index (χ0v) is 12.8. The number of benzene rings is 1. The van der Waals surface area contributed by atoms with Crippen molar-refractivity contribution in [3.05, 3.63) is 48.3 Å². The van der Waals surface area contributed by atoms with E-state index in [1.54, 1.807) is 22.9 Å². The molecule has 0 atom stereocenters. The van der Waals surface area contributed by atoms with Gasteiger partial charge in [0.1, 0.15) is 5.03 Å². The van der Waals surface area contributed by atoms with E-state index in [0.29, 0.717) is 21.6 Å². The average Bonchev–Trinajstić information content (AvgIpc) is 2.95. The minimum Gasteiger partial charge on any atom is -0.481 e. The van der Waals surface area contributed by atoms with Crippen molar-refractivity contribution >= 4 is 28.6 Å². The van der Waals surface area contributed by atoms with Gasteiger partial charge in [-0.2, -0.15) is 18.3 Å². The molecule has 0 fully saturated rings. The number of fused-ring (bicyclic) bond motifs is 1. The summed E-state index contributed by atoms with van der Waals surface area (Å²) in [4.78, 5) is 10.7. The van der Waals surface area contributed by atoms with Crippen LogP contribution in [-0.4, -0.2) is 31.6 Å². The zero-order chi connectivity index (χ0) is 17.3. The highest BCUT2D eigenvalue weighted by molar-refractivity contribution is 8.00. The van der Waals surface area contributed by atoms with Crippen LogP contribution in [0.2, 0.25) is 0 Å². The smallest absolute Gasteiger partial charge is 0.416 e. The highest BCUT2D eigenvalue weighted by Crippen LogP contribution is 2.33. The van der Waals surface area contributed by atoms with E-state index in [-0.39, 0.29) is 5.75 Å². The van der Waals surface area contributed by atoms with Gasteiger partial charge in [-0.3, -0.25) is 4.79 Å². The minimum atomic E-state index is -4.44. The molecule has 5 nitrogen and oxygen atoms in total. The van der Waals surface area contributed by atoms with Crippen LogP contribution in [0.5, 0.6) is 0 Å². The number of rotatable bonds is 4. The molecule has 0 aliphatic carbocycles. The molecule has 0 aliphatic heterocycles. The van der Waals surface area contributed by atoms with Crippen LogP contribution in [0, 0.1) is 0 Å². The van der Waals surface area contributed by atoms with Crippen molar-refractivity contribution in [2.24, 2.45) is 0 Å². The first-order valence-electron chi connectivity index (χ1n) is 6.71. The third kappa shape index (κ3) is 3.21. The molecule has 0 unspecified atom stereocenters. The Balaban J connectivity index is 2.11. The molecule has 24 heavy (non-hydrogen) atoms. The van der Waals surface area contributed by atoms with Crippen molar-refractivity contribution in [3.8, 4) is 5.69 Å². The first kappa shape index (κ1) is 16.3. The lowest BCUT2D eigenvalue weighted by Gasteiger charge is -2.11. The number of carbonyl (C=O) groups is 1. The van der Waals surface area contributed by atoms with Crippen molar-refractivity contribution in [2.75, 3.05) is 5.75 Å². The number of hydrogen-bond acceptors (Lipinski definition) is 4. The number of nitrogens with zero attached hydrogens (tertiary/aromatic N) is 3. The number of thioether (sulfide) groups is 1. The molecule has 2 aromatic heterocycles. The number of halogens is 3. The second-order valence-corrected chi connectivity index (χ2v) is 5.83. The first-order chi connectivity index (χ1) is 11.4. The summed E-state index contributed by atoms with van der Waals surface area (Å²) in [5, 5.41) is 17.4. The molecule has 0 radical (unpaired) electrons. The van der Waals surface area contributed by atoms with Crippen LogP contribution in [0.15, 0.2) is 47.8 Å². The molecule has 1 aromatic carbocycles. The Morgan fingerprint density at radius 1 is 1.25 bits per heavy atom. The molecule has 0 amide bonds. The normalized spacial score (nSPS) is 11.8.